The molecule has 0 aliphatic carbocycles. The molecule has 0 aliphatic rings. The van der Waals surface area contributed by atoms with Crippen molar-refractivity contribution < 1.29 is 19.4 Å². The lowest BCUT2D eigenvalue weighted by molar-refractivity contribution is -0.139. The molecule has 8 nitrogen and oxygen atoms in total. The quantitative estimate of drug-likeness (QED) is 0.745. The van der Waals surface area contributed by atoms with Gasteiger partial charge in [-0.05, 0) is 5.56 Å². The number of carboxylic acids is 1. The summed E-state index contributed by atoms with van der Waals surface area (Å²) < 4.78 is 4.86. The number of aliphatic carboxylic acids is 1. The molecule has 0 radical (unpaired) electrons. The van der Waals surface area contributed by atoms with E-state index < -0.39 is 18.1 Å². The maximum absolute atomic E-state index is 11.6. The Balaban J connectivity index is 1.95. The van der Waals surface area contributed by atoms with Gasteiger partial charge in [-0.3, -0.25) is 5.10 Å². The Morgan fingerprint density at radius 2 is 2.10 bits per heavy atom. The average molecular weight is 276 g/mol. The van der Waals surface area contributed by atoms with Gasteiger partial charge in [0, 0.05) is 0 Å². The molecular formula is C12H12N4O4. The lowest BCUT2D eigenvalue weighted by Gasteiger charge is -2.14. The number of rotatable bonds is 5. The smallest absolute Gasteiger partial charge is 0.408 e. The van der Waals surface area contributed by atoms with Gasteiger partial charge in [0.25, 0.3) is 0 Å². The highest BCUT2D eigenvalue weighted by Crippen LogP contribution is 2.12. The first-order chi connectivity index (χ1) is 9.66. The van der Waals surface area contributed by atoms with E-state index in [0.29, 0.717) is 11.3 Å². The van der Waals surface area contributed by atoms with E-state index in [2.05, 4.69) is 20.7 Å². The normalized spacial score (nSPS) is 11.6. The van der Waals surface area contributed by atoms with Gasteiger partial charge >= 0.3 is 12.1 Å². The third kappa shape index (κ3) is 3.55. The van der Waals surface area contributed by atoms with Gasteiger partial charge in [0.05, 0.1) is 11.9 Å². The molecule has 1 aromatic heterocycles. The van der Waals surface area contributed by atoms with Crippen LogP contribution in [-0.2, 0) is 16.1 Å². The molecule has 1 aromatic carbocycles. The molecule has 1 amide bonds. The summed E-state index contributed by atoms with van der Waals surface area (Å²) in [5.74, 6) is -1.17. The topological polar surface area (TPSA) is 117 Å². The van der Waals surface area contributed by atoms with Gasteiger partial charge in [-0.25, -0.2) is 9.59 Å². The van der Waals surface area contributed by atoms with Crippen molar-refractivity contribution in [3.63, 3.8) is 0 Å². The fraction of sp³-hybridized carbons (Fsp3) is 0.167. The van der Waals surface area contributed by atoms with Crippen LogP contribution >= 0.6 is 0 Å². The number of nitrogens with one attached hydrogen (secondary N) is 2. The molecule has 8 heteroatoms. The van der Waals surface area contributed by atoms with Crippen LogP contribution in [0.2, 0.25) is 0 Å². The fourth-order valence-corrected chi connectivity index (χ4v) is 1.53. The first-order valence-electron chi connectivity index (χ1n) is 5.73. The Bertz CT molecular complexity index is 570. The van der Waals surface area contributed by atoms with Gasteiger partial charge in [0.15, 0.2) is 6.04 Å². The van der Waals surface area contributed by atoms with E-state index in [1.54, 1.807) is 30.3 Å². The predicted octanol–water partition coefficient (Wildman–Crippen LogP) is 0.857. The summed E-state index contributed by atoms with van der Waals surface area (Å²) in [7, 11) is 0. The van der Waals surface area contributed by atoms with E-state index in [4.69, 9.17) is 9.84 Å². The van der Waals surface area contributed by atoms with Gasteiger partial charge in [0.1, 0.15) is 6.61 Å². The highest BCUT2D eigenvalue weighted by molar-refractivity contribution is 5.81. The molecule has 104 valence electrons. The number of amides is 1. The predicted molar refractivity (Wildman–Crippen MR) is 66.5 cm³/mol. The summed E-state index contributed by atoms with van der Waals surface area (Å²) in [5.41, 5.74) is 0.965. The third-order valence-corrected chi connectivity index (χ3v) is 2.47. The number of aromatic nitrogens is 3. The largest absolute Gasteiger partial charge is 0.479 e. The van der Waals surface area contributed by atoms with Gasteiger partial charge < -0.3 is 15.2 Å². The van der Waals surface area contributed by atoms with Crippen molar-refractivity contribution in [3.05, 3.63) is 47.8 Å². The van der Waals surface area contributed by atoms with Crippen molar-refractivity contribution in [2.24, 2.45) is 0 Å². The first kappa shape index (κ1) is 13.5. The van der Waals surface area contributed by atoms with Crippen LogP contribution < -0.4 is 5.32 Å². The van der Waals surface area contributed by atoms with E-state index >= 15 is 0 Å². The standard InChI is InChI=1S/C12H12N4O4/c17-11(18)10(8-4-2-1-3-5-8)14-12(19)20-7-9-6-13-16-15-9/h1-6,10H,7H2,(H,14,19)(H,17,18)(H,13,15,16)/t10-/m1/s1. The number of carbonyl (C=O) groups is 2. The van der Waals surface area contributed by atoms with Crippen molar-refractivity contribution in [1.29, 1.82) is 0 Å². The number of benzene rings is 1. The molecule has 20 heavy (non-hydrogen) atoms. The van der Waals surface area contributed by atoms with Crippen molar-refractivity contribution in [1.82, 2.24) is 20.7 Å². The first-order valence-corrected chi connectivity index (χ1v) is 5.73. The van der Waals surface area contributed by atoms with Crippen LogP contribution in [0.15, 0.2) is 36.5 Å². The maximum Gasteiger partial charge on any atom is 0.408 e. The van der Waals surface area contributed by atoms with Crippen molar-refractivity contribution >= 4 is 12.1 Å². The summed E-state index contributed by atoms with van der Waals surface area (Å²) in [6, 6.07) is 7.19. The Labute approximate surface area is 113 Å². The molecule has 0 saturated heterocycles. The number of nitrogens with zero attached hydrogens (tertiary/aromatic N) is 2. The van der Waals surface area contributed by atoms with E-state index in [0.717, 1.165) is 0 Å². The lowest BCUT2D eigenvalue weighted by Crippen LogP contribution is -2.34. The molecule has 2 aromatic rings. The number of hydrogen-bond donors (Lipinski definition) is 3. The summed E-state index contributed by atoms with van der Waals surface area (Å²) in [6.45, 7) is -0.0695. The molecule has 2 rings (SSSR count). The number of ether oxygens (including phenoxy) is 1. The Morgan fingerprint density at radius 1 is 1.35 bits per heavy atom. The minimum Gasteiger partial charge on any atom is -0.479 e. The number of carboxylic acid groups (broad SMARTS) is 1. The van der Waals surface area contributed by atoms with Crippen LogP contribution in [0.5, 0.6) is 0 Å². The van der Waals surface area contributed by atoms with Crippen molar-refractivity contribution in [3.8, 4) is 0 Å². The second kappa shape index (κ2) is 6.32. The summed E-state index contributed by atoms with van der Waals surface area (Å²) >= 11 is 0. The molecule has 0 bridgehead atoms. The summed E-state index contributed by atoms with van der Waals surface area (Å²) in [5, 5.41) is 20.9. The monoisotopic (exact) mass is 276 g/mol. The molecule has 1 heterocycles. The van der Waals surface area contributed by atoms with Crippen molar-refractivity contribution in [2.75, 3.05) is 0 Å². The fourth-order valence-electron chi connectivity index (χ4n) is 1.53. The molecule has 3 N–H and O–H groups in total. The van der Waals surface area contributed by atoms with Crippen LogP contribution in [0, 0.1) is 0 Å². The van der Waals surface area contributed by atoms with Gasteiger partial charge in [-0.2, -0.15) is 0 Å². The molecule has 0 unspecified atom stereocenters. The van der Waals surface area contributed by atoms with Crippen LogP contribution in [0.3, 0.4) is 0 Å². The number of alkyl carbamates (subject to hydrolysis) is 1. The Morgan fingerprint density at radius 3 is 2.70 bits per heavy atom. The number of aromatic amines is 1. The minimum atomic E-state index is -1.17. The van der Waals surface area contributed by atoms with E-state index in [1.807, 2.05) is 0 Å². The van der Waals surface area contributed by atoms with E-state index in [-0.39, 0.29) is 6.61 Å². The van der Waals surface area contributed by atoms with E-state index in [9.17, 15) is 9.59 Å². The maximum atomic E-state index is 11.6. The zero-order chi connectivity index (χ0) is 14.4. The van der Waals surface area contributed by atoms with Gasteiger partial charge in [0.2, 0.25) is 0 Å². The Hall–Kier alpha value is -2.90. The highest BCUT2D eigenvalue weighted by atomic mass is 16.5. The van der Waals surface area contributed by atoms with Crippen LogP contribution in [0.25, 0.3) is 0 Å². The van der Waals surface area contributed by atoms with Gasteiger partial charge in [-0.1, -0.05) is 35.5 Å². The SMILES string of the molecule is O=C(N[C@@H](C(=O)O)c1ccccc1)OCc1cnn[nH]1. The number of carbonyl (C=O) groups excluding carboxylic acids is 1. The lowest BCUT2D eigenvalue weighted by atomic mass is 10.1. The molecule has 0 fully saturated rings. The minimum absolute atomic E-state index is 0.0695. The zero-order valence-corrected chi connectivity index (χ0v) is 10.3. The number of hydrogen-bond acceptors (Lipinski definition) is 5. The second-order valence-electron chi connectivity index (χ2n) is 3.88. The highest BCUT2D eigenvalue weighted by Gasteiger charge is 2.22. The average Bonchev–Trinajstić information content (AvgIpc) is 2.96. The molecule has 0 aliphatic heterocycles. The van der Waals surface area contributed by atoms with Crippen LogP contribution in [0.1, 0.15) is 17.3 Å². The molecule has 1 atom stereocenters. The Kier molecular flexibility index (Phi) is 4.28. The molecular weight excluding hydrogens is 264 g/mol. The summed E-state index contributed by atoms with van der Waals surface area (Å²) in [4.78, 5) is 22.7. The van der Waals surface area contributed by atoms with E-state index in [1.165, 1.54) is 6.20 Å². The summed E-state index contributed by atoms with van der Waals surface area (Å²) in [6.07, 6.45) is 0.565. The second-order valence-corrected chi connectivity index (χ2v) is 3.88. The molecule has 0 saturated carbocycles. The third-order valence-electron chi connectivity index (χ3n) is 2.47. The molecule has 0 spiro atoms. The number of H-pyrrole nitrogens is 1. The van der Waals surface area contributed by atoms with Crippen LogP contribution in [-0.4, -0.2) is 32.6 Å². The van der Waals surface area contributed by atoms with Crippen molar-refractivity contribution in [2.45, 2.75) is 12.6 Å². The van der Waals surface area contributed by atoms with Gasteiger partial charge in [-0.15, -0.1) is 5.10 Å². The van der Waals surface area contributed by atoms with Crippen LogP contribution in [0.4, 0.5) is 4.79 Å². The zero-order valence-electron chi connectivity index (χ0n) is 10.3.